The van der Waals surface area contributed by atoms with Crippen LogP contribution < -0.4 is 10.1 Å². The molecule has 0 heterocycles. The number of hydrogen-bond acceptors (Lipinski definition) is 5. The van der Waals surface area contributed by atoms with Gasteiger partial charge in [0.05, 0.1) is 23.4 Å². The van der Waals surface area contributed by atoms with E-state index in [0.29, 0.717) is 28.1 Å². The zero-order valence-electron chi connectivity index (χ0n) is 17.9. The van der Waals surface area contributed by atoms with Crippen molar-refractivity contribution in [3.8, 4) is 5.75 Å². The zero-order chi connectivity index (χ0) is 22.9. The van der Waals surface area contributed by atoms with Gasteiger partial charge < -0.3 is 10.1 Å². The molecule has 3 aromatic rings. The van der Waals surface area contributed by atoms with Gasteiger partial charge in [-0.3, -0.25) is 4.79 Å². The third-order valence-corrected chi connectivity index (χ3v) is 6.62. The molecule has 0 aliphatic heterocycles. The lowest BCUT2D eigenvalue weighted by Crippen LogP contribution is -2.22. The summed E-state index contributed by atoms with van der Waals surface area (Å²) in [5.41, 5.74) is 3.57. The molecule has 3 aromatic carbocycles. The number of nitrogens with one attached hydrogen (secondary N) is 1. The van der Waals surface area contributed by atoms with Crippen molar-refractivity contribution in [2.45, 2.75) is 18.7 Å². The van der Waals surface area contributed by atoms with Gasteiger partial charge in [-0.15, -0.1) is 0 Å². The predicted molar refractivity (Wildman–Crippen MR) is 125 cm³/mol. The molecule has 162 valence electrons. The summed E-state index contributed by atoms with van der Waals surface area (Å²) in [6.07, 6.45) is 1.48. The molecule has 4 rings (SSSR count). The molecule has 1 aliphatic carbocycles. The van der Waals surface area contributed by atoms with E-state index in [-0.39, 0.29) is 22.1 Å². The molecule has 0 amide bonds. The van der Waals surface area contributed by atoms with E-state index in [1.54, 1.807) is 80.8 Å². The Labute approximate surface area is 187 Å². The second kappa shape index (κ2) is 8.43. The highest BCUT2D eigenvalue weighted by atomic mass is 32.2. The number of fused-ring (bicyclic) bond motifs is 1. The topological polar surface area (TPSA) is 84.8 Å². The summed E-state index contributed by atoms with van der Waals surface area (Å²) < 4.78 is 35.5. The van der Waals surface area contributed by atoms with Crippen LogP contribution in [0.1, 0.15) is 27.0 Å². The quantitative estimate of drug-likeness (QED) is 0.615. The SMILES string of the molecule is COc1ccc(NC2=C/C(=N/S(=O)(=O)c3ccc(C)cc3C)c3ccccc3C2=O)cc1. The molecule has 32 heavy (non-hydrogen) atoms. The molecular weight excluding hydrogens is 424 g/mol. The van der Waals surface area contributed by atoms with E-state index >= 15 is 0 Å². The van der Waals surface area contributed by atoms with Crippen LogP contribution in [0.2, 0.25) is 0 Å². The van der Waals surface area contributed by atoms with Gasteiger partial charge in [0.15, 0.2) is 0 Å². The number of aryl methyl sites for hydroxylation is 2. The van der Waals surface area contributed by atoms with E-state index in [9.17, 15) is 13.2 Å². The third kappa shape index (κ3) is 4.20. The Morgan fingerprint density at radius 1 is 0.906 bits per heavy atom. The Balaban J connectivity index is 1.80. The first-order valence-electron chi connectivity index (χ1n) is 9.97. The summed E-state index contributed by atoms with van der Waals surface area (Å²) in [5, 5.41) is 3.08. The van der Waals surface area contributed by atoms with Gasteiger partial charge in [-0.05, 0) is 55.8 Å². The van der Waals surface area contributed by atoms with E-state index in [1.165, 1.54) is 6.08 Å². The number of nitrogens with zero attached hydrogens (tertiary/aromatic N) is 1. The zero-order valence-corrected chi connectivity index (χ0v) is 18.7. The number of anilines is 1. The van der Waals surface area contributed by atoms with Gasteiger partial charge in [-0.25, -0.2) is 0 Å². The molecule has 1 N–H and O–H groups in total. The fraction of sp³-hybridized carbons (Fsp3) is 0.120. The van der Waals surface area contributed by atoms with Crippen LogP contribution in [0.4, 0.5) is 5.69 Å². The van der Waals surface area contributed by atoms with Crippen LogP contribution in [-0.2, 0) is 10.0 Å². The summed E-state index contributed by atoms with van der Waals surface area (Å²) in [6, 6.07) is 19.0. The molecule has 0 aromatic heterocycles. The van der Waals surface area contributed by atoms with E-state index in [1.807, 2.05) is 6.92 Å². The smallest absolute Gasteiger partial charge is 0.283 e. The predicted octanol–water partition coefficient (Wildman–Crippen LogP) is 4.68. The number of rotatable bonds is 5. The number of carbonyl (C=O) groups excluding carboxylic acids is 1. The summed E-state index contributed by atoms with van der Waals surface area (Å²) in [7, 11) is -2.41. The molecule has 6 nitrogen and oxygen atoms in total. The van der Waals surface area contributed by atoms with Crippen molar-refractivity contribution >= 4 is 27.2 Å². The van der Waals surface area contributed by atoms with Crippen LogP contribution in [0, 0.1) is 13.8 Å². The van der Waals surface area contributed by atoms with E-state index < -0.39 is 10.0 Å². The Morgan fingerprint density at radius 3 is 2.25 bits per heavy atom. The molecule has 0 spiro atoms. The Kier molecular flexibility index (Phi) is 5.67. The maximum absolute atomic E-state index is 13.1. The molecule has 0 unspecified atom stereocenters. The van der Waals surface area contributed by atoms with Crippen LogP contribution in [0.3, 0.4) is 0 Å². The first-order chi connectivity index (χ1) is 15.3. The minimum absolute atomic E-state index is 0.142. The summed E-state index contributed by atoms with van der Waals surface area (Å²) in [6.45, 7) is 3.64. The van der Waals surface area contributed by atoms with Crippen molar-refractivity contribution in [3.63, 3.8) is 0 Å². The Bertz CT molecular complexity index is 1370. The highest BCUT2D eigenvalue weighted by molar-refractivity contribution is 7.90. The first kappa shape index (κ1) is 21.5. The van der Waals surface area contributed by atoms with E-state index in [2.05, 4.69) is 9.71 Å². The van der Waals surface area contributed by atoms with Crippen LogP contribution in [-0.4, -0.2) is 27.0 Å². The standard InChI is InChI=1S/C25H22N2O4S/c1-16-8-13-24(17(2)14-16)32(29,30)27-22-15-23(25(28)21-7-5-4-6-20(21)22)26-18-9-11-19(31-3)12-10-18/h4-15,26H,1-3H3/b27-22-. The number of hydrogen-bond donors (Lipinski definition) is 1. The van der Waals surface area contributed by atoms with Crippen molar-refractivity contribution < 1.29 is 17.9 Å². The summed E-state index contributed by atoms with van der Waals surface area (Å²) in [4.78, 5) is 13.2. The molecule has 0 fully saturated rings. The molecule has 1 aliphatic rings. The van der Waals surface area contributed by atoms with Gasteiger partial charge in [-0.1, -0.05) is 42.0 Å². The molecule has 0 atom stereocenters. The third-order valence-electron chi connectivity index (χ3n) is 5.17. The van der Waals surface area contributed by atoms with Crippen molar-refractivity contribution in [1.82, 2.24) is 0 Å². The highest BCUT2D eigenvalue weighted by Gasteiger charge is 2.26. The lowest BCUT2D eigenvalue weighted by atomic mass is 9.92. The molecule has 0 radical (unpaired) electrons. The number of sulfonamides is 1. The maximum atomic E-state index is 13.1. The average Bonchev–Trinajstić information content (AvgIpc) is 2.77. The van der Waals surface area contributed by atoms with Gasteiger partial charge in [0.2, 0.25) is 5.78 Å². The van der Waals surface area contributed by atoms with Gasteiger partial charge >= 0.3 is 0 Å². The van der Waals surface area contributed by atoms with Crippen LogP contribution in [0.5, 0.6) is 5.75 Å². The largest absolute Gasteiger partial charge is 0.497 e. The maximum Gasteiger partial charge on any atom is 0.283 e. The Morgan fingerprint density at radius 2 is 1.59 bits per heavy atom. The van der Waals surface area contributed by atoms with Gasteiger partial charge in [0.25, 0.3) is 10.0 Å². The van der Waals surface area contributed by atoms with Crippen molar-refractivity contribution in [3.05, 3.63) is 101 Å². The highest BCUT2D eigenvalue weighted by Crippen LogP contribution is 2.26. The number of ether oxygens (including phenoxy) is 1. The van der Waals surface area contributed by atoms with Gasteiger partial charge in [-0.2, -0.15) is 12.8 Å². The minimum atomic E-state index is -3.99. The molecular formula is C25H22N2O4S. The van der Waals surface area contributed by atoms with E-state index in [4.69, 9.17) is 4.74 Å². The first-order valence-corrected chi connectivity index (χ1v) is 11.4. The monoisotopic (exact) mass is 446 g/mol. The number of Topliss-reactive ketones (excluding diaryl/α,β-unsaturated/α-hetero) is 1. The number of carbonyl (C=O) groups is 1. The van der Waals surface area contributed by atoms with Crippen molar-refractivity contribution in [2.75, 3.05) is 12.4 Å². The molecule has 0 bridgehead atoms. The average molecular weight is 447 g/mol. The van der Waals surface area contributed by atoms with Crippen LogP contribution >= 0.6 is 0 Å². The number of allylic oxidation sites excluding steroid dienone is 2. The van der Waals surface area contributed by atoms with Crippen molar-refractivity contribution in [1.29, 1.82) is 0 Å². The van der Waals surface area contributed by atoms with Crippen LogP contribution in [0.25, 0.3) is 0 Å². The van der Waals surface area contributed by atoms with Gasteiger partial charge in [0.1, 0.15) is 5.75 Å². The summed E-state index contributed by atoms with van der Waals surface area (Å²) >= 11 is 0. The van der Waals surface area contributed by atoms with Crippen molar-refractivity contribution in [2.24, 2.45) is 4.40 Å². The fourth-order valence-electron chi connectivity index (χ4n) is 3.60. The molecule has 7 heteroatoms. The fourth-order valence-corrected chi connectivity index (χ4v) is 4.81. The lowest BCUT2D eigenvalue weighted by molar-refractivity contribution is 0.103. The van der Waals surface area contributed by atoms with Gasteiger partial charge in [0, 0.05) is 16.8 Å². The number of benzene rings is 3. The number of ketones is 1. The second-order valence-electron chi connectivity index (χ2n) is 7.51. The normalized spacial score (nSPS) is 14.7. The van der Waals surface area contributed by atoms with E-state index in [0.717, 1.165) is 5.56 Å². The number of methoxy groups -OCH3 is 1. The second-order valence-corrected chi connectivity index (χ2v) is 9.08. The summed E-state index contributed by atoms with van der Waals surface area (Å²) in [5.74, 6) is 0.450. The van der Waals surface area contributed by atoms with Crippen LogP contribution in [0.15, 0.2) is 87.8 Å². The lowest BCUT2D eigenvalue weighted by Gasteiger charge is -2.19. The molecule has 0 saturated carbocycles. The minimum Gasteiger partial charge on any atom is -0.497 e. The molecule has 0 saturated heterocycles. The Hall–Kier alpha value is -3.71.